The fraction of sp³-hybridized carbons (Fsp3) is 0.674. The van der Waals surface area contributed by atoms with Crippen LogP contribution in [0.1, 0.15) is 110 Å². The van der Waals surface area contributed by atoms with Gasteiger partial charge in [0, 0.05) is 29.9 Å². The first-order chi connectivity index (χ1) is 32.7. The molecule has 12 N–H and O–H groups in total. The molecule has 1 saturated heterocycles. The molecule has 1 aliphatic carbocycles. The number of thiol groups is 2. The fourth-order valence-corrected chi connectivity index (χ4v) is 9.06. The molecule has 2 fully saturated rings. The van der Waals surface area contributed by atoms with Crippen molar-refractivity contribution < 1.29 is 58.1 Å². The maximum absolute atomic E-state index is 14.2. The van der Waals surface area contributed by atoms with Gasteiger partial charge in [-0.05, 0) is 82.5 Å². The smallest absolute Gasteiger partial charge is 0.326 e. The lowest BCUT2D eigenvalue weighted by atomic mass is 9.85. The van der Waals surface area contributed by atoms with E-state index in [0.717, 1.165) is 32.1 Å². The molecule has 21 nitrogen and oxygen atoms in total. The fourth-order valence-electron chi connectivity index (χ4n) is 8.35. The van der Waals surface area contributed by atoms with Gasteiger partial charge in [0.15, 0.2) is 0 Å². The van der Waals surface area contributed by atoms with Crippen LogP contribution in [0.25, 0.3) is 0 Å². The Bertz CT molecular complexity index is 1940. The lowest BCUT2D eigenvalue weighted by Gasteiger charge is -2.33. The lowest BCUT2D eigenvalue weighted by Crippen LogP contribution is -2.63. The van der Waals surface area contributed by atoms with Crippen molar-refractivity contribution in [3.63, 3.8) is 0 Å². The van der Waals surface area contributed by atoms with Gasteiger partial charge in [-0.15, -0.1) is 0 Å². The zero-order valence-electron chi connectivity index (χ0n) is 40.0. The largest absolute Gasteiger partial charge is 0.494 e. The van der Waals surface area contributed by atoms with Gasteiger partial charge < -0.3 is 63.2 Å². The number of aliphatic hydroxyl groups is 1. The molecule has 9 atom stereocenters. The van der Waals surface area contributed by atoms with Gasteiger partial charge in [0.25, 0.3) is 0 Å². The molecular weight excluding hydrogens is 935 g/mol. The van der Waals surface area contributed by atoms with Crippen LogP contribution in [0, 0.1) is 5.92 Å². The number of aliphatic carboxylic acids is 1. The number of nitrogens with zero attached hydrogens (tertiary/aromatic N) is 1. The number of nitrogens with one attached hydrogen (secondary N) is 6. The Morgan fingerprint density at radius 1 is 0.812 bits per heavy atom. The quantitative estimate of drug-likeness (QED) is 0.0477. The summed E-state index contributed by atoms with van der Waals surface area (Å²) in [6.45, 7) is 7.27. The number of likely N-dealkylation sites (tertiary alicyclic amines) is 1. The molecule has 0 aromatic heterocycles. The number of nitrogens with two attached hydrogens (primary N) is 2. The summed E-state index contributed by atoms with van der Waals surface area (Å²) in [5.74, 6) is -8.10. The van der Waals surface area contributed by atoms with Crippen molar-refractivity contribution in [3.8, 4) is 5.75 Å². The molecule has 0 unspecified atom stereocenters. The third kappa shape index (κ3) is 18.3. The minimum absolute atomic E-state index is 0.0525. The number of carboxylic acid groups (broad SMARTS) is 1. The van der Waals surface area contributed by atoms with Gasteiger partial charge in [0.05, 0.1) is 19.1 Å². The average molecular weight is 1010 g/mol. The predicted molar refractivity (Wildman–Crippen MR) is 262 cm³/mol. The molecule has 2 aliphatic rings. The van der Waals surface area contributed by atoms with Gasteiger partial charge in [0.2, 0.25) is 47.3 Å². The van der Waals surface area contributed by atoms with Crippen LogP contribution in [-0.4, -0.2) is 147 Å². The van der Waals surface area contributed by atoms with E-state index in [9.17, 15) is 53.4 Å². The topological polar surface area (TPSA) is 331 Å². The molecule has 1 heterocycles. The average Bonchev–Trinajstić information content (AvgIpc) is 3.80. The molecule has 1 aromatic rings. The summed E-state index contributed by atoms with van der Waals surface area (Å²) in [4.78, 5) is 122. The molecule has 3 rings (SSSR count). The number of hydrogen-bond acceptors (Lipinski definition) is 14. The van der Waals surface area contributed by atoms with Gasteiger partial charge in [-0.2, -0.15) is 25.3 Å². The standard InChI is InChI=1S/C46H73N9O12S2/c1-5-26(3)37(53-40(60)31(22-28-14-16-29(17-15-28)67-6-2)49-36(58)24-46(69)18-8-7-9-19-46)42(62)54-38(27(4)56)43(63)51-32(23-35(48)57)39(59)52-33(25-68)44(64)55-21-11-13-34(55)41(61)50-30(45(65)66)12-10-20-47/h14-17,26-27,30-34,37-38,56,68-69H,5-13,18-25,47H2,1-4H3,(H2,48,57)(H,49,58)(H,50,61)(H,51,63)(H,52,59)(H,53,60)(H,54,62)(H,65,66)/t26-,27+,30-,31-,32-,33-,34-,37-,38-/m0/s1. The van der Waals surface area contributed by atoms with E-state index in [4.69, 9.17) is 28.8 Å². The molecule has 23 heteroatoms. The second-order valence-electron chi connectivity index (χ2n) is 18.0. The highest BCUT2D eigenvalue weighted by atomic mass is 32.1. The number of primary amides is 1. The van der Waals surface area contributed by atoms with E-state index in [0.29, 0.717) is 37.2 Å². The first-order valence-electron chi connectivity index (χ1n) is 23.7. The van der Waals surface area contributed by atoms with Crippen molar-refractivity contribution in [1.82, 2.24) is 36.8 Å². The Kier molecular flexibility index (Phi) is 24.0. The Hall–Kier alpha value is -5.13. The Morgan fingerprint density at radius 2 is 1.42 bits per heavy atom. The highest BCUT2D eigenvalue weighted by molar-refractivity contribution is 7.81. The second kappa shape index (κ2) is 28.5. The van der Waals surface area contributed by atoms with Crippen LogP contribution in [0.2, 0.25) is 0 Å². The van der Waals surface area contributed by atoms with Crippen molar-refractivity contribution in [2.75, 3.05) is 25.4 Å². The number of amides is 8. The van der Waals surface area contributed by atoms with Crippen LogP contribution in [0.5, 0.6) is 5.75 Å². The van der Waals surface area contributed by atoms with Crippen LogP contribution in [0.4, 0.5) is 0 Å². The number of rotatable bonds is 28. The Balaban J connectivity index is 1.79. The summed E-state index contributed by atoms with van der Waals surface area (Å²) in [5.41, 5.74) is 11.7. The first kappa shape index (κ1) is 58.2. The maximum Gasteiger partial charge on any atom is 0.326 e. The molecule has 386 valence electrons. The molecule has 0 spiro atoms. The van der Waals surface area contributed by atoms with Crippen molar-refractivity contribution in [2.24, 2.45) is 17.4 Å². The molecule has 1 aliphatic heterocycles. The molecule has 69 heavy (non-hydrogen) atoms. The number of carbonyl (C=O) groups excluding carboxylic acids is 8. The van der Waals surface area contributed by atoms with Crippen molar-refractivity contribution in [2.45, 2.75) is 164 Å². The first-order valence-corrected chi connectivity index (χ1v) is 24.8. The third-order valence-corrected chi connectivity index (χ3v) is 13.4. The molecule has 0 bridgehead atoms. The van der Waals surface area contributed by atoms with Crippen molar-refractivity contribution in [1.29, 1.82) is 0 Å². The van der Waals surface area contributed by atoms with E-state index < -0.39 is 113 Å². The highest BCUT2D eigenvalue weighted by Gasteiger charge is 2.41. The van der Waals surface area contributed by atoms with Crippen LogP contribution < -0.4 is 48.1 Å². The summed E-state index contributed by atoms with van der Waals surface area (Å²) >= 11 is 9.05. The van der Waals surface area contributed by atoms with Gasteiger partial charge in [0.1, 0.15) is 48.0 Å². The van der Waals surface area contributed by atoms with E-state index in [-0.39, 0.29) is 50.4 Å². The monoisotopic (exact) mass is 1010 g/mol. The summed E-state index contributed by atoms with van der Waals surface area (Å²) < 4.78 is 5.02. The molecule has 1 aromatic carbocycles. The van der Waals surface area contributed by atoms with E-state index in [1.54, 1.807) is 38.1 Å². The van der Waals surface area contributed by atoms with E-state index in [2.05, 4.69) is 44.5 Å². The zero-order valence-corrected chi connectivity index (χ0v) is 41.8. The normalized spacial score (nSPS) is 18.9. The minimum atomic E-state index is -1.75. The van der Waals surface area contributed by atoms with Crippen LogP contribution in [0.3, 0.4) is 0 Å². The van der Waals surface area contributed by atoms with E-state index in [1.165, 1.54) is 11.8 Å². The molecule has 0 radical (unpaired) electrons. The zero-order chi connectivity index (χ0) is 51.4. The maximum atomic E-state index is 14.2. The second-order valence-corrected chi connectivity index (χ2v) is 19.3. The SMILES string of the molecule is CCOc1ccc(C[C@H](NC(=O)CC2(S)CCCCC2)C(=O)N[C@H](C(=O)N[C@H](C(=O)N[C@@H](CC(N)=O)C(=O)N[C@@H](CS)C(=O)N2CCC[C@H]2C(=O)N[C@@H](CCCN)C(=O)O)[C@@H](C)O)[C@@H](C)CC)cc1. The van der Waals surface area contributed by atoms with Gasteiger partial charge >= 0.3 is 5.97 Å². The number of ether oxygens (including phenoxy) is 1. The lowest BCUT2D eigenvalue weighted by molar-refractivity contribution is -0.145. The number of hydrogen-bond donors (Lipinski definition) is 12. The van der Waals surface area contributed by atoms with E-state index in [1.807, 2.05) is 6.92 Å². The van der Waals surface area contributed by atoms with Crippen LogP contribution >= 0.6 is 25.3 Å². The third-order valence-electron chi connectivity index (χ3n) is 12.4. The summed E-state index contributed by atoms with van der Waals surface area (Å²) in [7, 11) is 0. The molecule has 8 amide bonds. The predicted octanol–water partition coefficient (Wildman–Crippen LogP) is -0.394. The van der Waals surface area contributed by atoms with Crippen LogP contribution in [-0.2, 0) is 49.6 Å². The van der Waals surface area contributed by atoms with Crippen molar-refractivity contribution >= 4 is 78.5 Å². The summed E-state index contributed by atoms with van der Waals surface area (Å²) in [6, 6.07) is -2.61. The Morgan fingerprint density at radius 3 is 1.99 bits per heavy atom. The number of aliphatic hydroxyl groups excluding tert-OH is 1. The van der Waals surface area contributed by atoms with Crippen molar-refractivity contribution in [3.05, 3.63) is 29.8 Å². The number of carbonyl (C=O) groups is 9. The number of carboxylic acids is 1. The number of benzene rings is 1. The highest BCUT2D eigenvalue weighted by Crippen LogP contribution is 2.36. The van der Waals surface area contributed by atoms with Gasteiger partial charge in [-0.25, -0.2) is 4.79 Å². The summed E-state index contributed by atoms with van der Waals surface area (Å²) in [5, 5.41) is 35.7. The summed E-state index contributed by atoms with van der Waals surface area (Å²) in [6.07, 6.45) is 3.52. The van der Waals surface area contributed by atoms with Crippen LogP contribution in [0.15, 0.2) is 24.3 Å². The minimum Gasteiger partial charge on any atom is -0.494 e. The molecule has 1 saturated carbocycles. The Labute approximate surface area is 414 Å². The van der Waals surface area contributed by atoms with Gasteiger partial charge in [-0.3, -0.25) is 38.4 Å². The van der Waals surface area contributed by atoms with E-state index >= 15 is 0 Å². The van der Waals surface area contributed by atoms with Gasteiger partial charge in [-0.1, -0.05) is 51.7 Å². The molecular formula is C46H73N9O12S2.